The van der Waals surface area contributed by atoms with Crippen LogP contribution in [0.2, 0.25) is 0 Å². The van der Waals surface area contributed by atoms with Gasteiger partial charge in [0.2, 0.25) is 0 Å². The van der Waals surface area contributed by atoms with Crippen molar-refractivity contribution in [2.75, 3.05) is 0 Å². The van der Waals surface area contributed by atoms with E-state index < -0.39 is 0 Å². The van der Waals surface area contributed by atoms with Gasteiger partial charge < -0.3 is 0 Å². The van der Waals surface area contributed by atoms with Gasteiger partial charge in [0, 0.05) is 0 Å². The highest BCUT2D eigenvalue weighted by Crippen LogP contribution is 2.26. The molecule has 0 amide bonds. The molecule has 0 radical (unpaired) electrons. The summed E-state index contributed by atoms with van der Waals surface area (Å²) in [5, 5.41) is 13.2. The average Bonchev–Trinajstić information content (AvgIpc) is 3.00. The minimum Gasteiger partial charge on any atom is -0.0616 e. The molecule has 0 aromatic heterocycles. The lowest BCUT2D eigenvalue weighted by Crippen LogP contribution is -1.78. The molecule has 0 saturated carbocycles. The quantitative estimate of drug-likeness (QED) is 0.136. The molecule has 0 nitrogen and oxygen atoms in total. The zero-order valence-electron chi connectivity index (χ0n) is 23.9. The van der Waals surface area contributed by atoms with Crippen LogP contribution < -0.4 is 0 Å². The van der Waals surface area contributed by atoms with Crippen molar-refractivity contribution < 1.29 is 0 Å². The fourth-order valence-corrected chi connectivity index (χ4v) is 5.50. The Morgan fingerprint density at radius 1 is 0.244 bits per heavy atom. The number of rotatable bonds is 0. The molecule has 0 heterocycles. The lowest BCUT2D eigenvalue weighted by Gasteiger charge is -2.04. The van der Waals surface area contributed by atoms with Crippen LogP contribution in [0, 0.1) is 20.8 Å². The van der Waals surface area contributed by atoms with Crippen molar-refractivity contribution >= 4 is 53.9 Å². The van der Waals surface area contributed by atoms with Gasteiger partial charge in [-0.2, -0.15) is 0 Å². The normalized spacial score (nSPS) is 10.8. The van der Waals surface area contributed by atoms with Crippen LogP contribution in [-0.2, 0) is 0 Å². The second-order valence-corrected chi connectivity index (χ2v) is 10.9. The predicted octanol–water partition coefficient (Wildman–Crippen LogP) is 11.8. The number of hydrogen-bond acceptors (Lipinski definition) is 0. The van der Waals surface area contributed by atoms with Crippen LogP contribution in [0.15, 0.2) is 152 Å². The molecule has 41 heavy (non-hydrogen) atoms. The van der Waals surface area contributed by atoms with Crippen molar-refractivity contribution in [1.29, 1.82) is 0 Å². The first kappa shape index (κ1) is 26.3. The second-order valence-electron chi connectivity index (χ2n) is 10.9. The first-order chi connectivity index (χ1) is 20.0. The van der Waals surface area contributed by atoms with Crippen molar-refractivity contribution in [3.8, 4) is 0 Å². The van der Waals surface area contributed by atoms with E-state index in [0.717, 1.165) is 0 Å². The molecule has 8 rings (SSSR count). The maximum atomic E-state index is 2.26. The van der Waals surface area contributed by atoms with Gasteiger partial charge in [0.15, 0.2) is 0 Å². The highest BCUT2D eigenvalue weighted by atomic mass is 14.0. The Hall–Kier alpha value is -4.94. The minimum atomic E-state index is 1.31. The van der Waals surface area contributed by atoms with E-state index in [2.05, 4.69) is 172 Å². The summed E-state index contributed by atoms with van der Waals surface area (Å²) in [6.45, 7) is 6.38. The number of hydrogen-bond donors (Lipinski definition) is 0. The van der Waals surface area contributed by atoms with Crippen molar-refractivity contribution in [3.63, 3.8) is 0 Å². The number of fused-ring (bicyclic) bond motifs is 6. The minimum absolute atomic E-state index is 1.31. The van der Waals surface area contributed by atoms with Gasteiger partial charge in [-0.05, 0) is 86.8 Å². The van der Waals surface area contributed by atoms with Gasteiger partial charge in [0.1, 0.15) is 0 Å². The molecule has 0 heteroatoms. The topological polar surface area (TPSA) is 0 Å². The van der Waals surface area contributed by atoms with Gasteiger partial charge in [-0.1, -0.05) is 156 Å². The van der Waals surface area contributed by atoms with Crippen LogP contribution in [0.4, 0.5) is 0 Å². The fourth-order valence-electron chi connectivity index (χ4n) is 5.50. The largest absolute Gasteiger partial charge is 0.0616 e. The van der Waals surface area contributed by atoms with E-state index >= 15 is 0 Å². The summed E-state index contributed by atoms with van der Waals surface area (Å²) >= 11 is 0. The van der Waals surface area contributed by atoms with Crippen LogP contribution in [0.25, 0.3) is 53.9 Å². The Balaban J connectivity index is 0.000000112. The molecule has 8 aromatic rings. The second kappa shape index (κ2) is 11.7. The Morgan fingerprint density at radius 3 is 1.29 bits per heavy atom. The predicted molar refractivity (Wildman–Crippen MR) is 181 cm³/mol. The third kappa shape index (κ3) is 5.98. The van der Waals surface area contributed by atoms with E-state index in [4.69, 9.17) is 0 Å². The maximum absolute atomic E-state index is 2.26. The van der Waals surface area contributed by atoms with Crippen molar-refractivity contribution in [3.05, 3.63) is 168 Å². The SMILES string of the molecule is Cc1ccc2c(ccc3ccccc32)c1.Cc1ccc2cc3ccccc3cc2c1.Cc1ccc2ccccc2c1. The molecule has 8 aromatic carbocycles. The van der Waals surface area contributed by atoms with E-state index in [0.29, 0.717) is 0 Å². The zero-order chi connectivity index (χ0) is 28.2. The summed E-state index contributed by atoms with van der Waals surface area (Å²) < 4.78 is 0. The molecule has 0 bridgehead atoms. The first-order valence-corrected chi connectivity index (χ1v) is 14.3. The first-order valence-electron chi connectivity index (χ1n) is 14.3. The van der Waals surface area contributed by atoms with Gasteiger partial charge in [-0.15, -0.1) is 0 Å². The Kier molecular flexibility index (Phi) is 7.48. The molecule has 0 fully saturated rings. The molecular formula is C41H34. The fraction of sp³-hybridized carbons (Fsp3) is 0.0732. The molecule has 0 N–H and O–H groups in total. The molecule has 0 atom stereocenters. The molecule has 0 spiro atoms. The molecule has 198 valence electrons. The Labute approximate surface area is 242 Å². The maximum Gasteiger partial charge on any atom is -0.0105 e. The Bertz CT molecular complexity index is 2120. The highest BCUT2D eigenvalue weighted by molar-refractivity contribution is 6.07. The van der Waals surface area contributed by atoms with Crippen molar-refractivity contribution in [2.45, 2.75) is 20.8 Å². The van der Waals surface area contributed by atoms with Crippen LogP contribution in [0.5, 0.6) is 0 Å². The lowest BCUT2D eigenvalue weighted by molar-refractivity contribution is 1.51. The van der Waals surface area contributed by atoms with Gasteiger partial charge in [-0.3, -0.25) is 0 Å². The van der Waals surface area contributed by atoms with Crippen molar-refractivity contribution in [2.24, 2.45) is 0 Å². The lowest BCUT2D eigenvalue weighted by atomic mass is 10.0. The van der Waals surface area contributed by atoms with E-state index in [1.54, 1.807) is 0 Å². The summed E-state index contributed by atoms with van der Waals surface area (Å²) in [5.41, 5.74) is 3.96. The monoisotopic (exact) mass is 526 g/mol. The van der Waals surface area contributed by atoms with Gasteiger partial charge in [0.25, 0.3) is 0 Å². The number of benzene rings is 8. The van der Waals surface area contributed by atoms with Crippen LogP contribution >= 0.6 is 0 Å². The summed E-state index contributed by atoms with van der Waals surface area (Å²) in [5.74, 6) is 0. The van der Waals surface area contributed by atoms with Crippen molar-refractivity contribution in [1.82, 2.24) is 0 Å². The molecular weight excluding hydrogens is 492 g/mol. The van der Waals surface area contributed by atoms with Crippen LogP contribution in [0.3, 0.4) is 0 Å². The zero-order valence-corrected chi connectivity index (χ0v) is 23.9. The molecule has 0 aliphatic rings. The third-order valence-corrected chi connectivity index (χ3v) is 7.67. The van der Waals surface area contributed by atoms with Gasteiger partial charge in [0.05, 0.1) is 0 Å². The van der Waals surface area contributed by atoms with Gasteiger partial charge in [-0.25, -0.2) is 0 Å². The van der Waals surface area contributed by atoms with E-state index in [1.807, 2.05) is 0 Å². The highest BCUT2D eigenvalue weighted by Gasteiger charge is 1.99. The molecule has 0 saturated heterocycles. The van der Waals surface area contributed by atoms with Gasteiger partial charge >= 0.3 is 0 Å². The summed E-state index contributed by atoms with van der Waals surface area (Å²) in [7, 11) is 0. The summed E-state index contributed by atoms with van der Waals surface area (Å²) in [4.78, 5) is 0. The smallest absolute Gasteiger partial charge is 0.0105 e. The molecule has 0 unspecified atom stereocenters. The van der Waals surface area contributed by atoms with E-state index in [9.17, 15) is 0 Å². The average molecular weight is 527 g/mol. The molecule has 0 aliphatic heterocycles. The standard InChI is InChI=1S/2C15H12.C11H10/c1-11-6-9-15-13(10-11)8-7-12-4-2-3-5-14(12)15;1-11-6-7-14-9-12-4-2-3-5-13(12)10-15(14)8-11;1-9-6-7-10-4-2-3-5-11(10)8-9/h2*2-10H,1H3;2-8H,1H3. The van der Waals surface area contributed by atoms with E-state index in [1.165, 1.54) is 70.6 Å². The van der Waals surface area contributed by atoms with E-state index in [-0.39, 0.29) is 0 Å². The summed E-state index contributed by atoms with van der Waals surface area (Å²) in [6, 6.07) is 54.1. The Morgan fingerprint density at radius 2 is 0.610 bits per heavy atom. The summed E-state index contributed by atoms with van der Waals surface area (Å²) in [6.07, 6.45) is 0. The third-order valence-electron chi connectivity index (χ3n) is 7.67. The van der Waals surface area contributed by atoms with Crippen LogP contribution in [-0.4, -0.2) is 0 Å². The molecule has 0 aliphatic carbocycles. The van der Waals surface area contributed by atoms with Crippen LogP contribution in [0.1, 0.15) is 16.7 Å². The number of aryl methyl sites for hydroxylation is 3.